The van der Waals surface area contributed by atoms with Gasteiger partial charge in [-0.3, -0.25) is 4.79 Å². The maximum atomic E-state index is 12.7. The summed E-state index contributed by atoms with van der Waals surface area (Å²) in [4.78, 5) is 12.7. The van der Waals surface area contributed by atoms with Crippen LogP contribution in [0.25, 0.3) is 0 Å². The van der Waals surface area contributed by atoms with Crippen molar-refractivity contribution < 1.29 is 44.2 Å². The largest absolute Gasteiger partial charge is 0.457 e. The summed E-state index contributed by atoms with van der Waals surface area (Å²) >= 11 is 0. The van der Waals surface area contributed by atoms with Gasteiger partial charge in [0.15, 0.2) is 6.29 Å². The fraction of sp³-hybridized carbons (Fsp3) is 0.706. The van der Waals surface area contributed by atoms with E-state index >= 15 is 0 Å². The van der Waals surface area contributed by atoms with Gasteiger partial charge in [-0.05, 0) is 70.6 Å². The molecule has 0 amide bonds. The van der Waals surface area contributed by atoms with E-state index in [1.165, 1.54) is 89.9 Å². The van der Waals surface area contributed by atoms with E-state index in [1.54, 1.807) is 6.08 Å². The summed E-state index contributed by atoms with van der Waals surface area (Å²) in [5.41, 5.74) is 0. The fourth-order valence-corrected chi connectivity index (χ4v) is 6.66. The molecule has 0 aliphatic carbocycles. The second-order valence-corrected chi connectivity index (χ2v) is 15.8. The van der Waals surface area contributed by atoms with Gasteiger partial charge in [-0.15, -0.1) is 0 Å². The summed E-state index contributed by atoms with van der Waals surface area (Å²) in [6, 6.07) is 0. The molecule has 0 saturated carbocycles. The number of esters is 1. The van der Waals surface area contributed by atoms with Crippen LogP contribution in [0.15, 0.2) is 85.1 Å². The van der Waals surface area contributed by atoms with Gasteiger partial charge in [-0.1, -0.05) is 176 Å². The van der Waals surface area contributed by atoms with Crippen LogP contribution in [-0.4, -0.2) is 89.6 Å². The lowest BCUT2D eigenvalue weighted by molar-refractivity contribution is -0.305. The van der Waals surface area contributed by atoms with Gasteiger partial charge in [0, 0.05) is 6.61 Å². The van der Waals surface area contributed by atoms with E-state index in [0.717, 1.165) is 51.4 Å². The monoisotopic (exact) mass is 843 g/mol. The van der Waals surface area contributed by atoms with Crippen molar-refractivity contribution in [3.8, 4) is 0 Å². The Morgan fingerprint density at radius 2 is 1.02 bits per heavy atom. The molecule has 9 heteroatoms. The third kappa shape index (κ3) is 32.1. The van der Waals surface area contributed by atoms with Gasteiger partial charge in [0.25, 0.3) is 0 Å². The smallest absolute Gasteiger partial charge is 0.310 e. The molecule has 344 valence electrons. The summed E-state index contributed by atoms with van der Waals surface area (Å²) < 4.78 is 22.7. The highest BCUT2D eigenvalue weighted by Gasteiger charge is 2.44. The second kappa shape index (κ2) is 41.7. The lowest BCUT2D eigenvalue weighted by Crippen LogP contribution is -2.59. The van der Waals surface area contributed by atoms with Crippen molar-refractivity contribution >= 4 is 5.97 Å². The Kier molecular flexibility index (Phi) is 38.5. The highest BCUT2D eigenvalue weighted by molar-refractivity contribution is 5.71. The van der Waals surface area contributed by atoms with Crippen LogP contribution in [0.5, 0.6) is 0 Å². The minimum absolute atomic E-state index is 0.0822. The van der Waals surface area contributed by atoms with Crippen LogP contribution in [-0.2, 0) is 23.7 Å². The molecule has 60 heavy (non-hydrogen) atoms. The molecule has 1 aliphatic rings. The van der Waals surface area contributed by atoms with E-state index in [1.807, 2.05) is 6.08 Å². The first kappa shape index (κ1) is 55.4. The van der Waals surface area contributed by atoms with Crippen molar-refractivity contribution in [2.75, 3.05) is 26.4 Å². The third-order valence-electron chi connectivity index (χ3n) is 10.3. The number of carbonyl (C=O) groups excluding carboxylic acids is 1. The zero-order valence-corrected chi connectivity index (χ0v) is 37.7. The van der Waals surface area contributed by atoms with Crippen LogP contribution in [0.1, 0.15) is 168 Å². The van der Waals surface area contributed by atoms with Gasteiger partial charge in [0.2, 0.25) is 0 Å². The predicted molar refractivity (Wildman–Crippen MR) is 247 cm³/mol. The van der Waals surface area contributed by atoms with Crippen molar-refractivity contribution in [2.24, 2.45) is 0 Å². The summed E-state index contributed by atoms with van der Waals surface area (Å²) in [7, 11) is 0. The lowest BCUT2D eigenvalue weighted by Gasteiger charge is -2.39. The Morgan fingerprint density at radius 3 is 1.53 bits per heavy atom. The number of aliphatic hydroxyl groups excluding tert-OH is 4. The zero-order chi connectivity index (χ0) is 43.6. The standard InChI is InChI=1S/C51H86O9/c1-3-5-7-9-11-13-15-17-19-20-21-22-23-24-25-27-29-31-33-35-37-39-41-57-43-45(44-58-51-50(56)49(55)48(54)46(42-52)60-51)59-47(53)40-38-36-34-32-30-28-26-18-16-14-12-10-8-6-4-2/h6,8,12,14-15,17-18,20-21,26,30,32,36,38,45-46,48-52,54-56H,3-5,7,9-11,13,16,19,22-25,27-29,31,33-35,37,39-44H2,1-2H3/b8-6-,14-12-,17-15-,21-20-,26-18-,32-30-,38-36-. The molecule has 6 atom stereocenters. The van der Waals surface area contributed by atoms with Crippen LogP contribution in [0.2, 0.25) is 0 Å². The molecule has 0 aromatic heterocycles. The summed E-state index contributed by atoms with van der Waals surface area (Å²) in [5, 5.41) is 40.1. The molecule has 0 radical (unpaired) electrons. The molecule has 0 bridgehead atoms. The van der Waals surface area contributed by atoms with Crippen LogP contribution in [0.3, 0.4) is 0 Å². The van der Waals surface area contributed by atoms with E-state index in [4.69, 9.17) is 18.9 Å². The van der Waals surface area contributed by atoms with Gasteiger partial charge in [0.05, 0.1) is 26.2 Å². The number of unbranched alkanes of at least 4 members (excludes halogenated alkanes) is 15. The van der Waals surface area contributed by atoms with Gasteiger partial charge < -0.3 is 39.4 Å². The molecule has 1 rings (SSSR count). The molecule has 1 saturated heterocycles. The van der Waals surface area contributed by atoms with Crippen LogP contribution < -0.4 is 0 Å². The minimum atomic E-state index is -1.56. The highest BCUT2D eigenvalue weighted by atomic mass is 16.7. The molecule has 4 N–H and O–H groups in total. The summed E-state index contributed by atoms with van der Waals surface area (Å²) in [6.07, 6.45) is 49.3. The topological polar surface area (TPSA) is 135 Å². The first-order valence-corrected chi connectivity index (χ1v) is 23.7. The Bertz CT molecular complexity index is 1190. The SMILES string of the molecule is CC/C=C\C/C=C\C/C=C\C/C=C\C/C=C\CC(=O)OC(COCCCCCCCCCCCC/C=C\C/C=C\CCCCCCC)COC1OC(CO)C(O)C(O)C1O. The normalized spacial score (nSPS) is 20.8. The fourth-order valence-electron chi connectivity index (χ4n) is 6.66. The van der Waals surface area contributed by atoms with E-state index in [0.29, 0.717) is 13.0 Å². The number of aliphatic hydroxyl groups is 4. The summed E-state index contributed by atoms with van der Waals surface area (Å²) in [6.45, 7) is 4.29. The first-order valence-electron chi connectivity index (χ1n) is 23.7. The molecule has 0 spiro atoms. The van der Waals surface area contributed by atoms with E-state index in [9.17, 15) is 25.2 Å². The number of ether oxygens (including phenoxy) is 4. The number of hydrogen-bond acceptors (Lipinski definition) is 9. The quantitative estimate of drug-likeness (QED) is 0.0271. The number of hydrogen-bond donors (Lipinski definition) is 4. The van der Waals surface area contributed by atoms with Crippen molar-refractivity contribution in [3.05, 3.63) is 85.1 Å². The molecule has 9 nitrogen and oxygen atoms in total. The minimum Gasteiger partial charge on any atom is -0.457 e. The average molecular weight is 843 g/mol. The molecule has 6 unspecified atom stereocenters. The molecule has 1 heterocycles. The van der Waals surface area contributed by atoms with E-state index in [2.05, 4.69) is 86.8 Å². The van der Waals surface area contributed by atoms with Crippen LogP contribution in [0.4, 0.5) is 0 Å². The van der Waals surface area contributed by atoms with Gasteiger partial charge >= 0.3 is 5.97 Å². The zero-order valence-electron chi connectivity index (χ0n) is 37.7. The maximum absolute atomic E-state index is 12.7. The van der Waals surface area contributed by atoms with Gasteiger partial charge in [-0.25, -0.2) is 0 Å². The predicted octanol–water partition coefficient (Wildman–Crippen LogP) is 11.0. The Morgan fingerprint density at radius 1 is 0.550 bits per heavy atom. The number of allylic oxidation sites excluding steroid dienone is 13. The van der Waals surface area contributed by atoms with E-state index < -0.39 is 49.4 Å². The Balaban J connectivity index is 2.28. The Labute approximate surface area is 365 Å². The van der Waals surface area contributed by atoms with Crippen LogP contribution >= 0.6 is 0 Å². The van der Waals surface area contributed by atoms with Crippen molar-refractivity contribution in [1.82, 2.24) is 0 Å². The number of carbonyl (C=O) groups is 1. The number of rotatable bonds is 39. The second-order valence-electron chi connectivity index (χ2n) is 15.8. The maximum Gasteiger partial charge on any atom is 0.310 e. The van der Waals surface area contributed by atoms with Gasteiger partial charge in [-0.2, -0.15) is 0 Å². The Hall–Kier alpha value is -2.63. The molecule has 1 fully saturated rings. The molecule has 0 aromatic rings. The summed E-state index contributed by atoms with van der Waals surface area (Å²) in [5.74, 6) is -0.443. The van der Waals surface area contributed by atoms with E-state index in [-0.39, 0.29) is 19.6 Å². The van der Waals surface area contributed by atoms with Crippen LogP contribution in [0, 0.1) is 0 Å². The third-order valence-corrected chi connectivity index (χ3v) is 10.3. The van der Waals surface area contributed by atoms with Crippen molar-refractivity contribution in [1.29, 1.82) is 0 Å². The first-order chi connectivity index (χ1) is 29.4. The van der Waals surface area contributed by atoms with Crippen molar-refractivity contribution in [2.45, 2.75) is 205 Å². The molecular weight excluding hydrogens is 757 g/mol. The molecular formula is C51H86O9. The van der Waals surface area contributed by atoms with Gasteiger partial charge in [0.1, 0.15) is 30.5 Å². The molecule has 1 aliphatic heterocycles. The lowest BCUT2D eigenvalue weighted by atomic mass is 9.99. The molecule has 0 aromatic carbocycles. The van der Waals surface area contributed by atoms with Crippen molar-refractivity contribution in [3.63, 3.8) is 0 Å². The average Bonchev–Trinajstić information content (AvgIpc) is 3.25. The highest BCUT2D eigenvalue weighted by Crippen LogP contribution is 2.22.